The van der Waals surface area contributed by atoms with Gasteiger partial charge in [-0.1, -0.05) is 23.8 Å². The number of rotatable bonds is 8. The lowest BCUT2D eigenvalue weighted by Gasteiger charge is -2.38. The number of nitrogens with zero attached hydrogens (tertiary/aromatic N) is 2. The molecule has 0 aliphatic carbocycles. The number of hydrogen-bond donors (Lipinski definition) is 2. The average molecular weight is 495 g/mol. The number of aryl methyl sites for hydroxylation is 1. The first-order valence-corrected chi connectivity index (χ1v) is 12.2. The van der Waals surface area contributed by atoms with Crippen molar-refractivity contribution in [3.8, 4) is 11.5 Å². The maximum Gasteiger partial charge on any atom is 0.338 e. The fraction of sp³-hybridized carbons (Fsp3) is 0.407. The predicted octanol–water partition coefficient (Wildman–Crippen LogP) is 3.01. The van der Waals surface area contributed by atoms with E-state index >= 15 is 0 Å². The zero-order chi connectivity index (χ0) is 25.7. The van der Waals surface area contributed by atoms with Gasteiger partial charge in [0.1, 0.15) is 0 Å². The highest BCUT2D eigenvalue weighted by Crippen LogP contribution is 2.34. The van der Waals surface area contributed by atoms with Crippen LogP contribution in [0, 0.1) is 6.92 Å². The van der Waals surface area contributed by atoms with Crippen molar-refractivity contribution in [1.82, 2.24) is 15.5 Å². The molecule has 4 rings (SSSR count). The first-order valence-electron chi connectivity index (χ1n) is 12.2. The molecule has 2 N–H and O–H groups in total. The standard InChI is InChI=1S/C27H34N4O5/c1-5-36-26(32)24-21(17-30-12-14-31(15-13-30)20-9-6-18(2)7-10-20)28-27(33)29-25(24)19-8-11-22(34-3)23(16-19)35-4/h6-11,16,25H,5,12-15,17H2,1-4H3,(H2,28,29,33). The van der Waals surface area contributed by atoms with Crippen LogP contribution >= 0.6 is 0 Å². The van der Waals surface area contributed by atoms with Crippen LogP contribution < -0.4 is 25.0 Å². The average Bonchev–Trinajstić information content (AvgIpc) is 2.89. The molecule has 2 aliphatic rings. The minimum atomic E-state index is -0.679. The summed E-state index contributed by atoms with van der Waals surface area (Å²) in [6.45, 7) is 7.84. The number of hydrogen-bond acceptors (Lipinski definition) is 7. The second-order valence-electron chi connectivity index (χ2n) is 8.86. The van der Waals surface area contributed by atoms with Crippen molar-refractivity contribution in [3.05, 3.63) is 64.9 Å². The second-order valence-corrected chi connectivity index (χ2v) is 8.86. The van der Waals surface area contributed by atoms with E-state index in [1.165, 1.54) is 11.3 Å². The molecule has 0 spiro atoms. The Hall–Kier alpha value is -3.72. The lowest BCUT2D eigenvalue weighted by molar-refractivity contribution is -0.139. The monoisotopic (exact) mass is 494 g/mol. The number of anilines is 1. The van der Waals surface area contributed by atoms with Crippen molar-refractivity contribution in [2.45, 2.75) is 19.9 Å². The SMILES string of the molecule is CCOC(=O)C1=C(CN2CCN(c3ccc(C)cc3)CC2)NC(=O)NC1c1ccc(OC)c(OC)c1. The summed E-state index contributed by atoms with van der Waals surface area (Å²) in [4.78, 5) is 30.4. The molecule has 1 atom stereocenters. The quantitative estimate of drug-likeness (QED) is 0.545. The maximum absolute atomic E-state index is 13.1. The number of nitrogens with one attached hydrogen (secondary N) is 2. The molecular formula is C27H34N4O5. The Morgan fingerprint density at radius 3 is 2.33 bits per heavy atom. The summed E-state index contributed by atoms with van der Waals surface area (Å²) >= 11 is 0. The van der Waals surface area contributed by atoms with Crippen molar-refractivity contribution in [1.29, 1.82) is 0 Å². The fourth-order valence-electron chi connectivity index (χ4n) is 4.62. The van der Waals surface area contributed by atoms with Gasteiger partial charge in [-0.2, -0.15) is 0 Å². The number of amides is 2. The molecule has 9 heteroatoms. The number of urea groups is 1. The molecule has 1 fully saturated rings. The molecule has 0 saturated carbocycles. The Bertz CT molecular complexity index is 1120. The van der Waals surface area contributed by atoms with Gasteiger partial charge < -0.3 is 29.7 Å². The maximum atomic E-state index is 13.1. The molecule has 192 valence electrons. The van der Waals surface area contributed by atoms with Gasteiger partial charge in [-0.05, 0) is 43.7 Å². The van der Waals surface area contributed by atoms with E-state index in [0.717, 1.165) is 26.2 Å². The van der Waals surface area contributed by atoms with Gasteiger partial charge in [-0.25, -0.2) is 9.59 Å². The Morgan fingerprint density at radius 1 is 1.00 bits per heavy atom. The van der Waals surface area contributed by atoms with Crippen molar-refractivity contribution >= 4 is 17.7 Å². The Kier molecular flexibility index (Phi) is 8.00. The number of methoxy groups -OCH3 is 2. The summed E-state index contributed by atoms with van der Waals surface area (Å²) < 4.78 is 16.2. The molecule has 1 saturated heterocycles. The fourth-order valence-corrected chi connectivity index (χ4v) is 4.62. The van der Waals surface area contributed by atoms with E-state index in [2.05, 4.69) is 51.6 Å². The van der Waals surface area contributed by atoms with Gasteiger partial charge >= 0.3 is 12.0 Å². The normalized spacial score (nSPS) is 18.4. The van der Waals surface area contributed by atoms with Crippen LogP contribution in [0.2, 0.25) is 0 Å². The Labute approximate surface area is 212 Å². The van der Waals surface area contributed by atoms with E-state index < -0.39 is 12.0 Å². The highest BCUT2D eigenvalue weighted by atomic mass is 16.5. The zero-order valence-electron chi connectivity index (χ0n) is 21.3. The van der Waals surface area contributed by atoms with Crippen LogP contribution in [0.1, 0.15) is 24.1 Å². The van der Waals surface area contributed by atoms with Crippen LogP contribution in [0.15, 0.2) is 53.7 Å². The molecule has 2 aliphatic heterocycles. The summed E-state index contributed by atoms with van der Waals surface area (Å²) in [5.41, 5.74) is 4.09. The molecular weight excluding hydrogens is 460 g/mol. The van der Waals surface area contributed by atoms with Crippen LogP contribution in [0.4, 0.5) is 10.5 Å². The van der Waals surface area contributed by atoms with Gasteiger partial charge in [0.2, 0.25) is 0 Å². The molecule has 1 unspecified atom stereocenters. The van der Waals surface area contributed by atoms with E-state index in [0.29, 0.717) is 34.9 Å². The minimum absolute atomic E-state index is 0.234. The Balaban J connectivity index is 1.58. The van der Waals surface area contributed by atoms with E-state index in [1.54, 1.807) is 33.3 Å². The van der Waals surface area contributed by atoms with Crippen molar-refractivity contribution in [2.24, 2.45) is 0 Å². The smallest absolute Gasteiger partial charge is 0.338 e. The number of esters is 1. The highest BCUT2D eigenvalue weighted by molar-refractivity contribution is 5.95. The predicted molar refractivity (Wildman–Crippen MR) is 137 cm³/mol. The first-order chi connectivity index (χ1) is 17.4. The lowest BCUT2D eigenvalue weighted by Crippen LogP contribution is -2.51. The van der Waals surface area contributed by atoms with Crippen molar-refractivity contribution in [3.63, 3.8) is 0 Å². The molecule has 2 aromatic carbocycles. The zero-order valence-corrected chi connectivity index (χ0v) is 21.3. The molecule has 0 aromatic heterocycles. The van der Waals surface area contributed by atoms with Crippen molar-refractivity contribution in [2.75, 3.05) is 58.5 Å². The highest BCUT2D eigenvalue weighted by Gasteiger charge is 2.35. The first kappa shape index (κ1) is 25.4. The van der Waals surface area contributed by atoms with Crippen LogP contribution in [-0.4, -0.2) is 70.5 Å². The van der Waals surface area contributed by atoms with Gasteiger partial charge in [-0.15, -0.1) is 0 Å². The van der Waals surface area contributed by atoms with E-state index in [4.69, 9.17) is 14.2 Å². The molecule has 0 bridgehead atoms. The molecule has 0 radical (unpaired) electrons. The Morgan fingerprint density at radius 2 is 1.69 bits per heavy atom. The van der Waals surface area contributed by atoms with Crippen LogP contribution in [0.5, 0.6) is 11.5 Å². The van der Waals surface area contributed by atoms with E-state index in [-0.39, 0.29) is 12.6 Å². The largest absolute Gasteiger partial charge is 0.493 e. The second kappa shape index (κ2) is 11.3. The number of ether oxygens (including phenoxy) is 3. The minimum Gasteiger partial charge on any atom is -0.493 e. The van der Waals surface area contributed by atoms with Gasteiger partial charge in [0, 0.05) is 44.1 Å². The summed E-state index contributed by atoms with van der Waals surface area (Å²) in [5, 5.41) is 5.75. The van der Waals surface area contributed by atoms with Crippen LogP contribution in [0.25, 0.3) is 0 Å². The molecule has 2 amide bonds. The van der Waals surface area contributed by atoms with Crippen molar-refractivity contribution < 1.29 is 23.8 Å². The number of carbonyl (C=O) groups excluding carboxylic acids is 2. The third-order valence-corrected chi connectivity index (χ3v) is 6.54. The number of carbonyl (C=O) groups is 2. The van der Waals surface area contributed by atoms with E-state index in [1.807, 2.05) is 6.07 Å². The third kappa shape index (κ3) is 5.57. The molecule has 36 heavy (non-hydrogen) atoms. The number of piperazine rings is 1. The van der Waals surface area contributed by atoms with Crippen LogP contribution in [0.3, 0.4) is 0 Å². The summed E-state index contributed by atoms with van der Waals surface area (Å²) in [7, 11) is 3.11. The summed E-state index contributed by atoms with van der Waals surface area (Å²) in [6, 6.07) is 12.8. The lowest BCUT2D eigenvalue weighted by atomic mass is 9.94. The summed E-state index contributed by atoms with van der Waals surface area (Å²) in [6.07, 6.45) is 0. The van der Waals surface area contributed by atoms with E-state index in [9.17, 15) is 9.59 Å². The molecule has 2 aromatic rings. The third-order valence-electron chi connectivity index (χ3n) is 6.54. The van der Waals surface area contributed by atoms with Gasteiger partial charge in [-0.3, -0.25) is 4.90 Å². The van der Waals surface area contributed by atoms with Gasteiger partial charge in [0.25, 0.3) is 0 Å². The van der Waals surface area contributed by atoms with Crippen LogP contribution in [-0.2, 0) is 9.53 Å². The summed E-state index contributed by atoms with van der Waals surface area (Å²) in [5.74, 6) is 0.618. The molecule has 2 heterocycles. The molecule has 9 nitrogen and oxygen atoms in total. The van der Waals surface area contributed by atoms with Gasteiger partial charge in [0.05, 0.1) is 32.4 Å². The topological polar surface area (TPSA) is 92.4 Å². The number of benzene rings is 2. The van der Waals surface area contributed by atoms with Gasteiger partial charge in [0.15, 0.2) is 11.5 Å².